The second kappa shape index (κ2) is 6.19. The number of carbonyl (C=O) groups excluding carboxylic acids is 1. The Morgan fingerprint density at radius 2 is 1.75 bits per heavy atom. The van der Waals surface area contributed by atoms with Gasteiger partial charge >= 0.3 is 0 Å². The lowest BCUT2D eigenvalue weighted by molar-refractivity contribution is -0.116. The maximum Gasteiger partial charge on any atom is 0.156 e. The van der Waals surface area contributed by atoms with E-state index in [-0.39, 0.29) is 11.2 Å². The average molecular weight is 321 g/mol. The summed E-state index contributed by atoms with van der Waals surface area (Å²) in [6.07, 6.45) is 4.56. The number of aromatic nitrogens is 3. The Morgan fingerprint density at radius 3 is 2.38 bits per heavy atom. The van der Waals surface area contributed by atoms with Crippen LogP contribution < -0.4 is 0 Å². The van der Waals surface area contributed by atoms with Gasteiger partial charge in [-0.05, 0) is 29.9 Å². The van der Waals surface area contributed by atoms with E-state index in [0.717, 1.165) is 28.0 Å². The first-order valence-electron chi connectivity index (χ1n) is 8.28. The van der Waals surface area contributed by atoms with Crippen molar-refractivity contribution in [2.75, 3.05) is 0 Å². The van der Waals surface area contributed by atoms with Gasteiger partial charge < -0.3 is 9.78 Å². The molecule has 0 fully saturated rings. The molecular formula is C20H23N3O. The van der Waals surface area contributed by atoms with Crippen molar-refractivity contribution in [2.45, 2.75) is 46.0 Å². The molecule has 4 nitrogen and oxygen atoms in total. The summed E-state index contributed by atoms with van der Waals surface area (Å²) < 4.78 is 0. The summed E-state index contributed by atoms with van der Waals surface area (Å²) in [4.78, 5) is 23.6. The summed E-state index contributed by atoms with van der Waals surface area (Å²) in [5.74, 6) is 0.183. The molecule has 4 heteroatoms. The second-order valence-corrected chi connectivity index (χ2v) is 7.26. The lowest BCUT2D eigenvalue weighted by Gasteiger charge is -2.19. The Balaban J connectivity index is 2.07. The summed E-state index contributed by atoms with van der Waals surface area (Å²) in [5, 5.41) is 0. The maximum absolute atomic E-state index is 11.4. The van der Waals surface area contributed by atoms with Gasteiger partial charge in [-0.25, -0.2) is 4.98 Å². The van der Waals surface area contributed by atoms with Crippen molar-refractivity contribution in [1.29, 1.82) is 0 Å². The summed E-state index contributed by atoms with van der Waals surface area (Å²) >= 11 is 0. The normalized spacial score (nSPS) is 11.8. The molecule has 0 spiro atoms. The third kappa shape index (κ3) is 3.23. The average Bonchev–Trinajstić information content (AvgIpc) is 2.91. The molecule has 0 unspecified atom stereocenters. The smallest absolute Gasteiger partial charge is 0.156 e. The first kappa shape index (κ1) is 16.4. The number of benzene rings is 1. The molecule has 3 rings (SSSR count). The zero-order valence-electron chi connectivity index (χ0n) is 14.7. The number of ketones is 1. The number of Topliss-reactive ketones (excluding diaryl/α,β-unsaturated/α-hetero) is 1. The third-order valence-corrected chi connectivity index (χ3v) is 4.30. The third-order valence-electron chi connectivity index (χ3n) is 4.30. The minimum absolute atomic E-state index is 0.125. The quantitative estimate of drug-likeness (QED) is 0.772. The van der Waals surface area contributed by atoms with Crippen molar-refractivity contribution in [3.05, 3.63) is 47.8 Å². The van der Waals surface area contributed by atoms with Gasteiger partial charge in [-0.15, -0.1) is 0 Å². The standard InChI is InChI=1S/C20H23N3O/c1-13(24)5-10-16-17(23-19-18(16)21-11-12-22-19)14-6-8-15(9-7-14)20(2,3)4/h6-9,11-12H,5,10H2,1-4H3,(H,22,23). The molecule has 3 aromatic rings. The molecule has 0 aliphatic carbocycles. The number of rotatable bonds is 4. The van der Waals surface area contributed by atoms with E-state index in [1.807, 2.05) is 0 Å². The van der Waals surface area contributed by atoms with E-state index in [1.54, 1.807) is 19.3 Å². The predicted octanol–water partition coefficient (Wildman–Crippen LogP) is 4.44. The Bertz CT molecular complexity index is 870. The minimum Gasteiger partial charge on any atom is -0.338 e. The molecule has 2 aromatic heterocycles. The molecule has 0 saturated carbocycles. The minimum atomic E-state index is 0.125. The number of nitrogens with one attached hydrogen (secondary N) is 1. The monoisotopic (exact) mass is 321 g/mol. The molecule has 0 aliphatic heterocycles. The van der Waals surface area contributed by atoms with Crippen molar-refractivity contribution in [3.8, 4) is 11.3 Å². The molecule has 1 aromatic carbocycles. The molecule has 1 N–H and O–H groups in total. The van der Waals surface area contributed by atoms with E-state index in [2.05, 4.69) is 60.0 Å². The Kier molecular flexibility index (Phi) is 4.22. The van der Waals surface area contributed by atoms with Gasteiger partial charge in [0.15, 0.2) is 5.65 Å². The number of aromatic amines is 1. The lowest BCUT2D eigenvalue weighted by atomic mass is 9.86. The van der Waals surface area contributed by atoms with E-state index in [9.17, 15) is 4.79 Å². The number of carbonyl (C=O) groups is 1. The topological polar surface area (TPSA) is 58.6 Å². The van der Waals surface area contributed by atoms with Crippen LogP contribution in [0.5, 0.6) is 0 Å². The number of aryl methyl sites for hydroxylation is 1. The van der Waals surface area contributed by atoms with Crippen LogP contribution in [0.15, 0.2) is 36.7 Å². The first-order chi connectivity index (χ1) is 11.4. The van der Waals surface area contributed by atoms with Crippen LogP contribution in [0.2, 0.25) is 0 Å². The highest BCUT2D eigenvalue weighted by Crippen LogP contribution is 2.31. The highest BCUT2D eigenvalue weighted by molar-refractivity contribution is 5.86. The molecule has 0 radical (unpaired) electrons. The molecule has 0 atom stereocenters. The number of hydrogen-bond acceptors (Lipinski definition) is 3. The van der Waals surface area contributed by atoms with E-state index >= 15 is 0 Å². The van der Waals surface area contributed by atoms with E-state index in [4.69, 9.17) is 0 Å². The van der Waals surface area contributed by atoms with Gasteiger partial charge in [0.2, 0.25) is 0 Å². The molecule has 0 saturated heterocycles. The molecule has 2 heterocycles. The molecular weight excluding hydrogens is 298 g/mol. The van der Waals surface area contributed by atoms with Crippen molar-refractivity contribution in [3.63, 3.8) is 0 Å². The van der Waals surface area contributed by atoms with Crippen LogP contribution in [-0.4, -0.2) is 20.7 Å². The summed E-state index contributed by atoms with van der Waals surface area (Å²) in [6, 6.07) is 8.58. The van der Waals surface area contributed by atoms with Crippen molar-refractivity contribution in [1.82, 2.24) is 15.0 Å². The Hall–Kier alpha value is -2.49. The maximum atomic E-state index is 11.4. The largest absolute Gasteiger partial charge is 0.338 e. The summed E-state index contributed by atoms with van der Waals surface area (Å²) in [6.45, 7) is 8.24. The molecule has 124 valence electrons. The van der Waals surface area contributed by atoms with Gasteiger partial charge in [0, 0.05) is 24.4 Å². The Morgan fingerprint density at radius 1 is 1.08 bits per heavy atom. The van der Waals surface area contributed by atoms with Crippen LogP contribution in [0, 0.1) is 0 Å². The van der Waals surface area contributed by atoms with E-state index in [1.165, 1.54) is 5.56 Å². The summed E-state index contributed by atoms with van der Waals surface area (Å²) in [7, 11) is 0. The molecule has 0 amide bonds. The van der Waals surface area contributed by atoms with E-state index < -0.39 is 0 Å². The predicted molar refractivity (Wildman–Crippen MR) is 97.0 cm³/mol. The van der Waals surface area contributed by atoms with Gasteiger partial charge in [0.1, 0.15) is 11.3 Å². The van der Waals surface area contributed by atoms with Gasteiger partial charge in [-0.2, -0.15) is 0 Å². The van der Waals surface area contributed by atoms with Crippen LogP contribution in [0.3, 0.4) is 0 Å². The fourth-order valence-corrected chi connectivity index (χ4v) is 2.89. The van der Waals surface area contributed by atoms with Gasteiger partial charge in [-0.3, -0.25) is 4.98 Å². The number of hydrogen-bond donors (Lipinski definition) is 1. The van der Waals surface area contributed by atoms with Crippen LogP contribution in [0.1, 0.15) is 45.2 Å². The zero-order chi connectivity index (χ0) is 17.3. The van der Waals surface area contributed by atoms with E-state index in [0.29, 0.717) is 12.8 Å². The number of nitrogens with zero attached hydrogens (tertiary/aromatic N) is 2. The van der Waals surface area contributed by atoms with Crippen molar-refractivity contribution < 1.29 is 4.79 Å². The zero-order valence-corrected chi connectivity index (χ0v) is 14.7. The molecule has 0 aliphatic rings. The van der Waals surface area contributed by atoms with Crippen molar-refractivity contribution >= 4 is 16.9 Å². The molecule has 24 heavy (non-hydrogen) atoms. The lowest BCUT2D eigenvalue weighted by Crippen LogP contribution is -2.10. The van der Waals surface area contributed by atoms with Crippen LogP contribution in [0.4, 0.5) is 0 Å². The summed E-state index contributed by atoms with van der Waals surface area (Å²) in [5.41, 5.74) is 6.22. The fraction of sp³-hybridized carbons (Fsp3) is 0.350. The van der Waals surface area contributed by atoms with Gasteiger partial charge in [-0.1, -0.05) is 45.0 Å². The first-order valence-corrected chi connectivity index (χ1v) is 8.28. The fourth-order valence-electron chi connectivity index (χ4n) is 2.89. The highest BCUT2D eigenvalue weighted by Gasteiger charge is 2.17. The SMILES string of the molecule is CC(=O)CCc1c(-c2ccc(C(C)(C)C)cc2)[nH]c2nccnc12. The number of H-pyrrole nitrogens is 1. The van der Waals surface area contributed by atoms with Gasteiger partial charge in [0.05, 0.1) is 5.69 Å². The van der Waals surface area contributed by atoms with Gasteiger partial charge in [0.25, 0.3) is 0 Å². The Labute approximate surface area is 142 Å². The second-order valence-electron chi connectivity index (χ2n) is 7.26. The van der Waals surface area contributed by atoms with Crippen LogP contribution in [0.25, 0.3) is 22.4 Å². The van der Waals surface area contributed by atoms with Crippen molar-refractivity contribution in [2.24, 2.45) is 0 Å². The van der Waals surface area contributed by atoms with Crippen LogP contribution in [-0.2, 0) is 16.6 Å². The highest BCUT2D eigenvalue weighted by atomic mass is 16.1. The molecule has 0 bridgehead atoms. The van der Waals surface area contributed by atoms with Crippen LogP contribution >= 0.6 is 0 Å². The number of fused-ring (bicyclic) bond motifs is 1.